The molecule has 0 aliphatic carbocycles. The van der Waals surface area contributed by atoms with Crippen LogP contribution in [0.4, 0.5) is 0 Å². The van der Waals surface area contributed by atoms with Crippen molar-refractivity contribution in [2.24, 2.45) is 0 Å². The van der Waals surface area contributed by atoms with Gasteiger partial charge in [-0.3, -0.25) is 9.69 Å². The Hall–Kier alpha value is -1.99. The molecule has 0 fully saturated rings. The van der Waals surface area contributed by atoms with Crippen molar-refractivity contribution >= 4 is 11.8 Å². The van der Waals surface area contributed by atoms with Crippen LogP contribution < -0.4 is 15.0 Å². The van der Waals surface area contributed by atoms with E-state index in [1.807, 2.05) is 24.5 Å². The van der Waals surface area contributed by atoms with Gasteiger partial charge in [0.1, 0.15) is 11.5 Å². The molecule has 3 rings (SSSR count). The van der Waals surface area contributed by atoms with Crippen molar-refractivity contribution < 1.29 is 9.47 Å². The molecule has 2 aromatic rings. The Balaban J connectivity index is 1.80. The van der Waals surface area contributed by atoms with Gasteiger partial charge in [-0.2, -0.15) is 0 Å². The molecule has 0 radical (unpaired) electrons. The Morgan fingerprint density at radius 3 is 2.58 bits per heavy atom. The number of methoxy groups -OCH3 is 2. The topological polar surface area (TPSA) is 67.5 Å². The largest absolute Gasteiger partial charge is 0.497 e. The summed E-state index contributed by atoms with van der Waals surface area (Å²) in [6.07, 6.45) is 2.70. The Kier molecular flexibility index (Phi) is 5.11. The summed E-state index contributed by atoms with van der Waals surface area (Å²) in [5, 5.41) is 0.685. The minimum absolute atomic E-state index is 0.0303. The fourth-order valence-electron chi connectivity index (χ4n) is 2.91. The maximum absolute atomic E-state index is 12.3. The molecule has 0 atom stereocenters. The van der Waals surface area contributed by atoms with E-state index < -0.39 is 0 Å². The van der Waals surface area contributed by atoms with Crippen LogP contribution in [-0.2, 0) is 19.5 Å². The summed E-state index contributed by atoms with van der Waals surface area (Å²) in [5.41, 5.74) is 2.76. The Bertz CT molecular complexity index is 769. The van der Waals surface area contributed by atoms with Crippen molar-refractivity contribution in [3.8, 4) is 11.5 Å². The van der Waals surface area contributed by atoms with E-state index in [1.165, 1.54) is 11.8 Å². The summed E-state index contributed by atoms with van der Waals surface area (Å²) in [4.78, 5) is 21.9. The van der Waals surface area contributed by atoms with Gasteiger partial charge in [0.05, 0.1) is 25.5 Å². The van der Waals surface area contributed by atoms with Gasteiger partial charge in [-0.15, -0.1) is 0 Å². The molecule has 2 heterocycles. The molecule has 6 nitrogen and oxygen atoms in total. The lowest BCUT2D eigenvalue weighted by molar-refractivity contribution is 0.240. The van der Waals surface area contributed by atoms with Crippen LogP contribution >= 0.6 is 11.8 Å². The number of aromatic amines is 1. The lowest BCUT2D eigenvalue weighted by Crippen LogP contribution is -2.35. The van der Waals surface area contributed by atoms with Gasteiger partial charge in [0.2, 0.25) is 0 Å². The van der Waals surface area contributed by atoms with Crippen LogP contribution in [0.15, 0.2) is 28.2 Å². The Labute approximate surface area is 145 Å². The van der Waals surface area contributed by atoms with Crippen molar-refractivity contribution in [2.45, 2.75) is 24.7 Å². The lowest BCUT2D eigenvalue weighted by atomic mass is 10.1. The third-order valence-electron chi connectivity index (χ3n) is 4.14. The molecule has 0 spiro atoms. The number of nitrogens with one attached hydrogen (secondary N) is 1. The molecule has 0 unspecified atom stereocenters. The van der Waals surface area contributed by atoms with Crippen LogP contribution in [-0.4, -0.2) is 41.9 Å². The van der Waals surface area contributed by atoms with Gasteiger partial charge >= 0.3 is 0 Å². The van der Waals surface area contributed by atoms with Gasteiger partial charge in [-0.1, -0.05) is 11.8 Å². The summed E-state index contributed by atoms with van der Waals surface area (Å²) in [5.74, 6) is 1.54. The molecular formula is C17H21N3O3S. The highest BCUT2D eigenvalue weighted by atomic mass is 32.2. The second-order valence-corrected chi connectivity index (χ2v) is 6.48. The van der Waals surface area contributed by atoms with Crippen LogP contribution in [0.25, 0.3) is 0 Å². The third kappa shape index (κ3) is 3.57. The predicted octanol–water partition coefficient (Wildman–Crippen LogP) is 2.07. The molecule has 0 bridgehead atoms. The predicted molar refractivity (Wildman–Crippen MR) is 94.0 cm³/mol. The standard InChI is InChI=1S/C17H21N3O3S/c1-22-12-6-11(7-13(8-12)23-2)9-20-5-4-15-14(10-20)16(21)19-17(18-15)24-3/h6-8H,4-5,9-10H2,1-3H3,(H,18,19,21). The molecule has 1 aliphatic rings. The molecule has 1 aromatic carbocycles. The molecule has 1 aromatic heterocycles. The monoisotopic (exact) mass is 347 g/mol. The highest BCUT2D eigenvalue weighted by Gasteiger charge is 2.21. The second-order valence-electron chi connectivity index (χ2n) is 5.68. The average Bonchev–Trinajstić information content (AvgIpc) is 2.61. The summed E-state index contributed by atoms with van der Waals surface area (Å²) in [7, 11) is 3.29. The maximum atomic E-state index is 12.3. The van der Waals surface area contributed by atoms with E-state index in [4.69, 9.17) is 9.47 Å². The van der Waals surface area contributed by atoms with E-state index >= 15 is 0 Å². The van der Waals surface area contributed by atoms with Crippen molar-refractivity contribution in [2.75, 3.05) is 27.0 Å². The van der Waals surface area contributed by atoms with E-state index in [2.05, 4.69) is 14.9 Å². The fraction of sp³-hybridized carbons (Fsp3) is 0.412. The van der Waals surface area contributed by atoms with Gasteiger partial charge in [-0.25, -0.2) is 4.98 Å². The summed E-state index contributed by atoms with van der Waals surface area (Å²) in [6, 6.07) is 5.85. The van der Waals surface area contributed by atoms with Crippen molar-refractivity contribution in [1.82, 2.24) is 14.9 Å². The highest BCUT2D eigenvalue weighted by molar-refractivity contribution is 7.98. The number of benzene rings is 1. The van der Waals surface area contributed by atoms with Crippen LogP contribution in [0.3, 0.4) is 0 Å². The average molecular weight is 347 g/mol. The van der Waals surface area contributed by atoms with Crippen LogP contribution in [0.1, 0.15) is 16.8 Å². The van der Waals surface area contributed by atoms with Gasteiger partial charge in [-0.05, 0) is 24.0 Å². The van der Waals surface area contributed by atoms with Crippen LogP contribution in [0, 0.1) is 0 Å². The summed E-state index contributed by atoms with van der Waals surface area (Å²) >= 11 is 1.46. The normalized spacial score (nSPS) is 14.3. The van der Waals surface area contributed by atoms with Gasteiger partial charge < -0.3 is 14.5 Å². The first-order valence-corrected chi connectivity index (χ1v) is 8.95. The zero-order chi connectivity index (χ0) is 17.1. The Morgan fingerprint density at radius 1 is 1.25 bits per heavy atom. The van der Waals surface area contributed by atoms with E-state index in [0.29, 0.717) is 11.7 Å². The smallest absolute Gasteiger partial charge is 0.256 e. The zero-order valence-corrected chi connectivity index (χ0v) is 14.9. The third-order valence-corrected chi connectivity index (χ3v) is 4.72. The number of fused-ring (bicyclic) bond motifs is 1. The van der Waals surface area contributed by atoms with Crippen molar-refractivity contribution in [1.29, 1.82) is 0 Å². The first kappa shape index (κ1) is 16.9. The highest BCUT2D eigenvalue weighted by Crippen LogP contribution is 2.25. The number of aromatic nitrogens is 2. The van der Waals surface area contributed by atoms with E-state index in [-0.39, 0.29) is 5.56 Å². The molecule has 0 saturated heterocycles. The van der Waals surface area contributed by atoms with Gasteiger partial charge in [0, 0.05) is 32.1 Å². The van der Waals surface area contributed by atoms with Crippen LogP contribution in [0.2, 0.25) is 0 Å². The number of nitrogens with zero attached hydrogens (tertiary/aromatic N) is 2. The fourth-order valence-corrected chi connectivity index (χ4v) is 3.30. The quantitative estimate of drug-likeness (QED) is 0.660. The summed E-state index contributed by atoms with van der Waals surface area (Å²) in [6.45, 7) is 2.21. The van der Waals surface area contributed by atoms with Crippen LogP contribution in [0.5, 0.6) is 11.5 Å². The lowest BCUT2D eigenvalue weighted by Gasteiger charge is -2.27. The first-order chi connectivity index (χ1) is 11.6. The molecule has 1 aliphatic heterocycles. The molecule has 0 saturated carbocycles. The van der Waals surface area contributed by atoms with Crippen molar-refractivity contribution in [3.05, 3.63) is 45.4 Å². The SMILES string of the molecule is COc1cc(CN2CCc3nc(SC)[nH]c(=O)c3C2)cc(OC)c1. The van der Waals surface area contributed by atoms with Crippen molar-refractivity contribution in [3.63, 3.8) is 0 Å². The van der Waals surface area contributed by atoms with E-state index in [1.54, 1.807) is 14.2 Å². The molecular weight excluding hydrogens is 326 g/mol. The van der Waals surface area contributed by atoms with Gasteiger partial charge in [0.15, 0.2) is 5.16 Å². The van der Waals surface area contributed by atoms with E-state index in [0.717, 1.165) is 47.8 Å². The zero-order valence-electron chi connectivity index (χ0n) is 14.1. The molecule has 128 valence electrons. The van der Waals surface area contributed by atoms with Gasteiger partial charge in [0.25, 0.3) is 5.56 Å². The minimum atomic E-state index is -0.0303. The summed E-state index contributed by atoms with van der Waals surface area (Å²) < 4.78 is 10.6. The molecule has 24 heavy (non-hydrogen) atoms. The number of rotatable bonds is 5. The number of thioether (sulfide) groups is 1. The number of hydrogen-bond acceptors (Lipinski definition) is 6. The molecule has 7 heteroatoms. The second kappa shape index (κ2) is 7.27. The van der Waals surface area contributed by atoms with E-state index in [9.17, 15) is 4.79 Å². The number of ether oxygens (including phenoxy) is 2. The number of H-pyrrole nitrogens is 1. The Morgan fingerprint density at radius 2 is 1.96 bits per heavy atom. The first-order valence-electron chi connectivity index (χ1n) is 7.73. The number of hydrogen-bond donors (Lipinski definition) is 1. The maximum Gasteiger partial charge on any atom is 0.256 e. The minimum Gasteiger partial charge on any atom is -0.497 e. The molecule has 0 amide bonds. The molecule has 1 N–H and O–H groups in total.